The van der Waals surface area contributed by atoms with E-state index in [1.54, 1.807) is 0 Å². The minimum atomic E-state index is -0.436. The van der Waals surface area contributed by atoms with Gasteiger partial charge in [-0.15, -0.1) is 5.10 Å². The van der Waals surface area contributed by atoms with Crippen LogP contribution in [0.5, 0.6) is 0 Å². The molecule has 1 fully saturated rings. The summed E-state index contributed by atoms with van der Waals surface area (Å²) in [5, 5.41) is 16.7. The van der Waals surface area contributed by atoms with Crippen LogP contribution in [0.15, 0.2) is 5.16 Å². The fraction of sp³-hybridized carbons (Fsp3) is 0.727. The van der Waals surface area contributed by atoms with Crippen molar-refractivity contribution < 1.29 is 9.59 Å². The molecule has 1 saturated carbocycles. The SMILES string of the molecule is NCCn1nnnc1SCC(=O)NC(=O)NC1CCCC1. The molecule has 0 spiro atoms. The minimum absolute atomic E-state index is 0.0725. The van der Waals surface area contributed by atoms with Crippen LogP contribution in [-0.4, -0.2) is 50.5 Å². The molecule has 1 aliphatic rings. The van der Waals surface area contributed by atoms with Crippen LogP contribution in [0, 0.1) is 0 Å². The van der Waals surface area contributed by atoms with Crippen molar-refractivity contribution in [1.29, 1.82) is 0 Å². The number of carbonyl (C=O) groups excluding carboxylic acids is 2. The molecule has 0 aliphatic heterocycles. The molecule has 116 valence electrons. The second-order valence-electron chi connectivity index (χ2n) is 4.76. The van der Waals surface area contributed by atoms with Gasteiger partial charge in [-0.25, -0.2) is 9.48 Å². The first-order valence-electron chi connectivity index (χ1n) is 6.88. The number of hydrogen-bond acceptors (Lipinski definition) is 7. The van der Waals surface area contributed by atoms with Gasteiger partial charge in [0.1, 0.15) is 0 Å². The number of rotatable bonds is 6. The lowest BCUT2D eigenvalue weighted by molar-refractivity contribution is -0.117. The fourth-order valence-electron chi connectivity index (χ4n) is 2.15. The minimum Gasteiger partial charge on any atom is -0.335 e. The lowest BCUT2D eigenvalue weighted by atomic mass is 10.2. The molecule has 0 radical (unpaired) electrons. The Morgan fingerprint density at radius 2 is 2.14 bits per heavy atom. The number of imide groups is 1. The van der Waals surface area contributed by atoms with Crippen molar-refractivity contribution in [2.24, 2.45) is 5.73 Å². The molecule has 21 heavy (non-hydrogen) atoms. The van der Waals surface area contributed by atoms with Crippen LogP contribution < -0.4 is 16.4 Å². The molecule has 10 heteroatoms. The van der Waals surface area contributed by atoms with Gasteiger partial charge in [0.15, 0.2) is 0 Å². The first-order valence-corrected chi connectivity index (χ1v) is 7.87. The van der Waals surface area contributed by atoms with E-state index in [4.69, 9.17) is 5.73 Å². The molecule has 0 saturated heterocycles. The number of amides is 3. The number of hydrogen-bond donors (Lipinski definition) is 3. The van der Waals surface area contributed by atoms with Crippen LogP contribution in [0.3, 0.4) is 0 Å². The number of thioether (sulfide) groups is 1. The van der Waals surface area contributed by atoms with Gasteiger partial charge in [0.2, 0.25) is 11.1 Å². The first-order chi connectivity index (χ1) is 10.2. The van der Waals surface area contributed by atoms with Crippen LogP contribution in [0.2, 0.25) is 0 Å². The Kier molecular flexibility index (Phi) is 5.93. The maximum atomic E-state index is 11.7. The summed E-state index contributed by atoms with van der Waals surface area (Å²) in [6.45, 7) is 0.897. The summed E-state index contributed by atoms with van der Waals surface area (Å²) in [6, 6.07) is -0.253. The number of aromatic nitrogens is 4. The summed E-state index contributed by atoms with van der Waals surface area (Å²) in [6.07, 6.45) is 4.20. The van der Waals surface area contributed by atoms with E-state index in [-0.39, 0.29) is 17.7 Å². The zero-order valence-corrected chi connectivity index (χ0v) is 12.4. The molecule has 9 nitrogen and oxygen atoms in total. The Bertz CT molecular complexity index is 487. The Labute approximate surface area is 126 Å². The monoisotopic (exact) mass is 313 g/mol. The normalized spacial score (nSPS) is 15.1. The highest BCUT2D eigenvalue weighted by Gasteiger charge is 2.18. The number of tetrazole rings is 1. The van der Waals surface area contributed by atoms with Crippen LogP contribution in [-0.2, 0) is 11.3 Å². The van der Waals surface area contributed by atoms with E-state index in [0.717, 1.165) is 25.7 Å². The van der Waals surface area contributed by atoms with E-state index in [9.17, 15) is 9.59 Å². The fourth-order valence-corrected chi connectivity index (χ4v) is 2.85. The Morgan fingerprint density at radius 1 is 1.38 bits per heavy atom. The van der Waals surface area contributed by atoms with Crippen molar-refractivity contribution in [2.45, 2.75) is 43.4 Å². The summed E-state index contributed by atoms with van der Waals surface area (Å²) < 4.78 is 1.52. The van der Waals surface area contributed by atoms with Gasteiger partial charge in [0.25, 0.3) is 0 Å². The van der Waals surface area contributed by atoms with Gasteiger partial charge in [-0.1, -0.05) is 24.6 Å². The zero-order chi connectivity index (χ0) is 15.1. The maximum Gasteiger partial charge on any atom is 0.321 e. The van der Waals surface area contributed by atoms with Crippen molar-refractivity contribution in [3.63, 3.8) is 0 Å². The lowest BCUT2D eigenvalue weighted by Crippen LogP contribution is -2.44. The highest BCUT2D eigenvalue weighted by atomic mass is 32.2. The number of nitrogens with zero attached hydrogens (tertiary/aromatic N) is 4. The molecular formula is C11H19N7O2S. The van der Waals surface area contributed by atoms with Crippen molar-refractivity contribution in [3.8, 4) is 0 Å². The van der Waals surface area contributed by atoms with E-state index < -0.39 is 6.03 Å². The molecule has 1 aromatic rings. The topological polar surface area (TPSA) is 128 Å². The van der Waals surface area contributed by atoms with Gasteiger partial charge in [-0.2, -0.15) is 0 Å². The molecule has 0 aromatic carbocycles. The number of urea groups is 1. The van der Waals surface area contributed by atoms with Crippen LogP contribution in [0.25, 0.3) is 0 Å². The van der Waals surface area contributed by atoms with Gasteiger partial charge in [0, 0.05) is 12.6 Å². The number of nitrogens with two attached hydrogens (primary N) is 1. The highest BCUT2D eigenvalue weighted by molar-refractivity contribution is 7.99. The summed E-state index contributed by atoms with van der Waals surface area (Å²) in [5.41, 5.74) is 5.43. The van der Waals surface area contributed by atoms with Gasteiger partial charge in [-0.3, -0.25) is 10.1 Å². The van der Waals surface area contributed by atoms with Crippen LogP contribution in [0.4, 0.5) is 4.79 Å². The highest BCUT2D eigenvalue weighted by Crippen LogP contribution is 2.17. The lowest BCUT2D eigenvalue weighted by Gasteiger charge is -2.11. The van der Waals surface area contributed by atoms with Gasteiger partial charge in [-0.05, 0) is 23.3 Å². The first kappa shape index (κ1) is 15.7. The van der Waals surface area contributed by atoms with Gasteiger partial charge >= 0.3 is 6.03 Å². The quantitative estimate of drug-likeness (QED) is 0.603. The molecule has 0 bridgehead atoms. The Hall–Kier alpha value is -1.68. The third-order valence-corrected chi connectivity index (χ3v) is 4.07. The molecule has 2 rings (SSSR count). The molecule has 1 aliphatic carbocycles. The Balaban J connectivity index is 1.71. The summed E-state index contributed by atoms with van der Waals surface area (Å²) >= 11 is 1.17. The second-order valence-corrected chi connectivity index (χ2v) is 5.71. The van der Waals surface area contributed by atoms with E-state index in [2.05, 4.69) is 26.2 Å². The molecule has 1 heterocycles. The standard InChI is InChI=1S/C11H19N7O2S/c12-5-6-18-11(15-16-17-18)21-7-9(19)14-10(20)13-8-3-1-2-4-8/h8H,1-7,12H2,(H2,13,14,19,20). The van der Waals surface area contributed by atoms with Crippen LogP contribution >= 0.6 is 11.8 Å². The molecule has 3 amide bonds. The third kappa shape index (κ3) is 4.97. The van der Waals surface area contributed by atoms with Crippen molar-refractivity contribution >= 4 is 23.7 Å². The number of nitrogens with one attached hydrogen (secondary N) is 2. The summed E-state index contributed by atoms with van der Waals surface area (Å²) in [7, 11) is 0. The van der Waals surface area contributed by atoms with Gasteiger partial charge in [0.05, 0.1) is 12.3 Å². The van der Waals surface area contributed by atoms with E-state index in [0.29, 0.717) is 18.2 Å². The third-order valence-electron chi connectivity index (χ3n) is 3.12. The predicted molar refractivity (Wildman–Crippen MR) is 76.5 cm³/mol. The van der Waals surface area contributed by atoms with E-state index in [1.807, 2.05) is 0 Å². The molecule has 1 aromatic heterocycles. The number of carbonyl (C=O) groups is 2. The molecule has 0 atom stereocenters. The van der Waals surface area contributed by atoms with E-state index >= 15 is 0 Å². The summed E-state index contributed by atoms with van der Waals surface area (Å²) in [5.74, 6) is -0.305. The average Bonchev–Trinajstić information content (AvgIpc) is 3.08. The predicted octanol–water partition coefficient (Wildman–Crippen LogP) is -0.508. The van der Waals surface area contributed by atoms with Crippen molar-refractivity contribution in [1.82, 2.24) is 30.8 Å². The van der Waals surface area contributed by atoms with Crippen molar-refractivity contribution in [3.05, 3.63) is 0 Å². The molecular weight excluding hydrogens is 294 g/mol. The van der Waals surface area contributed by atoms with Crippen molar-refractivity contribution in [2.75, 3.05) is 12.3 Å². The van der Waals surface area contributed by atoms with E-state index in [1.165, 1.54) is 16.4 Å². The second kappa shape index (κ2) is 7.93. The summed E-state index contributed by atoms with van der Waals surface area (Å²) in [4.78, 5) is 23.3. The average molecular weight is 313 g/mol. The van der Waals surface area contributed by atoms with Gasteiger partial charge < -0.3 is 11.1 Å². The maximum absolute atomic E-state index is 11.7. The zero-order valence-electron chi connectivity index (χ0n) is 11.6. The smallest absolute Gasteiger partial charge is 0.321 e. The van der Waals surface area contributed by atoms with Crippen LogP contribution in [0.1, 0.15) is 25.7 Å². The Morgan fingerprint density at radius 3 is 2.86 bits per heavy atom. The largest absolute Gasteiger partial charge is 0.335 e. The molecule has 4 N–H and O–H groups in total. The molecule has 0 unspecified atom stereocenters.